The van der Waals surface area contributed by atoms with Gasteiger partial charge in [-0.25, -0.2) is 0 Å². The zero-order chi connectivity index (χ0) is 14.5. The van der Waals surface area contributed by atoms with E-state index < -0.39 is 0 Å². The first-order valence-electron chi connectivity index (χ1n) is 9.35. The number of rotatable bonds is 7. The summed E-state index contributed by atoms with van der Waals surface area (Å²) in [6, 6.07) is 0.885. The van der Waals surface area contributed by atoms with Crippen LogP contribution in [0.25, 0.3) is 0 Å². The Bertz CT molecular complexity index is 308. The Kier molecular flexibility index (Phi) is 5.58. The molecule has 122 valence electrons. The van der Waals surface area contributed by atoms with E-state index >= 15 is 0 Å². The van der Waals surface area contributed by atoms with E-state index in [2.05, 4.69) is 17.1 Å². The second-order valence-electron chi connectivity index (χ2n) is 7.70. The molecule has 2 atom stereocenters. The van der Waals surface area contributed by atoms with E-state index in [0.29, 0.717) is 5.41 Å². The predicted molar refractivity (Wildman–Crippen MR) is 87.6 cm³/mol. The fourth-order valence-corrected chi connectivity index (χ4v) is 4.85. The van der Waals surface area contributed by atoms with Gasteiger partial charge in [0.15, 0.2) is 0 Å². The molecule has 0 amide bonds. The lowest BCUT2D eigenvalue weighted by Crippen LogP contribution is -2.47. The van der Waals surface area contributed by atoms with Crippen LogP contribution in [0.1, 0.15) is 58.3 Å². The van der Waals surface area contributed by atoms with Crippen molar-refractivity contribution in [1.29, 1.82) is 0 Å². The summed E-state index contributed by atoms with van der Waals surface area (Å²) in [5, 5.41) is 3.67. The molecule has 1 N–H and O–H groups in total. The van der Waals surface area contributed by atoms with Gasteiger partial charge < -0.3 is 10.1 Å². The zero-order valence-corrected chi connectivity index (χ0v) is 13.9. The SMILES string of the molecule is CCCNCC1(CN2CCCC2C2CCCC2)CCOC1. The molecule has 2 aliphatic heterocycles. The molecule has 3 fully saturated rings. The van der Waals surface area contributed by atoms with Crippen LogP contribution in [0.5, 0.6) is 0 Å². The Labute approximate surface area is 130 Å². The first-order chi connectivity index (χ1) is 10.3. The van der Waals surface area contributed by atoms with Gasteiger partial charge in [-0.05, 0) is 57.5 Å². The Morgan fingerprint density at radius 2 is 2.05 bits per heavy atom. The standard InChI is InChI=1S/C18H34N2O/c1-2-10-19-13-18(9-12-21-15-18)14-20-11-5-8-17(20)16-6-3-4-7-16/h16-17,19H,2-15H2,1H3. The lowest BCUT2D eigenvalue weighted by atomic mass is 9.85. The first-order valence-corrected chi connectivity index (χ1v) is 9.35. The summed E-state index contributed by atoms with van der Waals surface area (Å²) in [5.41, 5.74) is 0.385. The molecule has 0 spiro atoms. The van der Waals surface area contributed by atoms with E-state index in [1.807, 2.05) is 0 Å². The third-order valence-electron chi connectivity index (χ3n) is 6.01. The molecular formula is C18H34N2O. The maximum atomic E-state index is 5.80. The average Bonchev–Trinajstić information content (AvgIpc) is 3.20. The molecular weight excluding hydrogens is 260 g/mol. The van der Waals surface area contributed by atoms with Gasteiger partial charge in [0.25, 0.3) is 0 Å². The van der Waals surface area contributed by atoms with Crippen LogP contribution in [0.3, 0.4) is 0 Å². The van der Waals surface area contributed by atoms with Gasteiger partial charge in [-0.2, -0.15) is 0 Å². The van der Waals surface area contributed by atoms with Gasteiger partial charge in [0.1, 0.15) is 0 Å². The van der Waals surface area contributed by atoms with Gasteiger partial charge in [0.2, 0.25) is 0 Å². The Morgan fingerprint density at radius 1 is 1.19 bits per heavy atom. The minimum Gasteiger partial charge on any atom is -0.381 e. The predicted octanol–water partition coefficient (Wildman–Crippen LogP) is 3.05. The second kappa shape index (κ2) is 7.43. The van der Waals surface area contributed by atoms with Crippen molar-refractivity contribution in [2.75, 3.05) is 39.4 Å². The van der Waals surface area contributed by atoms with Gasteiger partial charge in [-0.1, -0.05) is 19.8 Å². The van der Waals surface area contributed by atoms with Crippen LogP contribution in [0.15, 0.2) is 0 Å². The summed E-state index contributed by atoms with van der Waals surface area (Å²) in [6.07, 6.45) is 11.3. The quantitative estimate of drug-likeness (QED) is 0.730. The topological polar surface area (TPSA) is 24.5 Å². The van der Waals surface area contributed by atoms with Crippen LogP contribution in [0.4, 0.5) is 0 Å². The largest absolute Gasteiger partial charge is 0.381 e. The van der Waals surface area contributed by atoms with Crippen LogP contribution in [-0.4, -0.2) is 50.3 Å². The van der Waals surface area contributed by atoms with Gasteiger partial charge in [-0.3, -0.25) is 4.90 Å². The number of nitrogens with zero attached hydrogens (tertiary/aromatic N) is 1. The minimum absolute atomic E-state index is 0.385. The number of likely N-dealkylation sites (tertiary alicyclic amines) is 1. The molecule has 0 aromatic heterocycles. The Balaban J connectivity index is 1.58. The van der Waals surface area contributed by atoms with Crippen molar-refractivity contribution < 1.29 is 4.74 Å². The monoisotopic (exact) mass is 294 g/mol. The maximum absolute atomic E-state index is 5.80. The highest BCUT2D eigenvalue weighted by Crippen LogP contribution is 2.38. The van der Waals surface area contributed by atoms with E-state index in [9.17, 15) is 0 Å². The van der Waals surface area contributed by atoms with E-state index in [-0.39, 0.29) is 0 Å². The Morgan fingerprint density at radius 3 is 2.76 bits per heavy atom. The number of hydrogen-bond acceptors (Lipinski definition) is 3. The van der Waals surface area contributed by atoms with Gasteiger partial charge in [0.05, 0.1) is 6.61 Å². The summed E-state index contributed by atoms with van der Waals surface area (Å²) < 4.78 is 5.80. The van der Waals surface area contributed by atoms with Gasteiger partial charge in [0, 0.05) is 31.2 Å². The van der Waals surface area contributed by atoms with Crippen molar-refractivity contribution in [1.82, 2.24) is 10.2 Å². The third kappa shape index (κ3) is 3.80. The van der Waals surface area contributed by atoms with Crippen molar-refractivity contribution in [3.63, 3.8) is 0 Å². The molecule has 3 nitrogen and oxygen atoms in total. The van der Waals surface area contributed by atoms with Gasteiger partial charge in [-0.15, -0.1) is 0 Å². The van der Waals surface area contributed by atoms with Crippen LogP contribution >= 0.6 is 0 Å². The molecule has 0 bridgehead atoms. The molecule has 0 aromatic rings. The van der Waals surface area contributed by atoms with E-state index in [4.69, 9.17) is 4.74 Å². The number of nitrogens with one attached hydrogen (secondary N) is 1. The van der Waals surface area contributed by atoms with Crippen molar-refractivity contribution in [3.8, 4) is 0 Å². The summed E-state index contributed by atoms with van der Waals surface area (Å²) >= 11 is 0. The Hall–Kier alpha value is -0.120. The van der Waals surface area contributed by atoms with Crippen LogP contribution in [0, 0.1) is 11.3 Å². The van der Waals surface area contributed by atoms with E-state index in [1.54, 1.807) is 0 Å². The summed E-state index contributed by atoms with van der Waals surface area (Å²) in [4.78, 5) is 2.85. The average molecular weight is 294 g/mol. The molecule has 21 heavy (non-hydrogen) atoms. The molecule has 2 heterocycles. The fourth-order valence-electron chi connectivity index (χ4n) is 4.85. The van der Waals surface area contributed by atoms with Crippen LogP contribution in [0.2, 0.25) is 0 Å². The van der Waals surface area contributed by atoms with Crippen LogP contribution < -0.4 is 5.32 Å². The molecule has 1 saturated carbocycles. The lowest BCUT2D eigenvalue weighted by Gasteiger charge is -2.37. The van der Waals surface area contributed by atoms with Crippen molar-refractivity contribution in [2.24, 2.45) is 11.3 Å². The summed E-state index contributed by atoms with van der Waals surface area (Å²) in [7, 11) is 0. The van der Waals surface area contributed by atoms with Crippen molar-refractivity contribution in [2.45, 2.75) is 64.3 Å². The summed E-state index contributed by atoms with van der Waals surface area (Å²) in [5.74, 6) is 0.996. The second-order valence-corrected chi connectivity index (χ2v) is 7.70. The highest BCUT2D eigenvalue weighted by atomic mass is 16.5. The molecule has 3 rings (SSSR count). The van der Waals surface area contributed by atoms with E-state index in [1.165, 1.54) is 64.5 Å². The molecule has 2 saturated heterocycles. The zero-order valence-electron chi connectivity index (χ0n) is 13.9. The fraction of sp³-hybridized carbons (Fsp3) is 1.00. The smallest absolute Gasteiger partial charge is 0.0547 e. The molecule has 0 aromatic carbocycles. The molecule has 3 aliphatic rings. The molecule has 1 aliphatic carbocycles. The van der Waals surface area contributed by atoms with Crippen LogP contribution in [-0.2, 0) is 4.74 Å². The minimum atomic E-state index is 0.385. The van der Waals surface area contributed by atoms with Gasteiger partial charge >= 0.3 is 0 Å². The van der Waals surface area contributed by atoms with Crippen molar-refractivity contribution >= 4 is 0 Å². The molecule has 2 unspecified atom stereocenters. The van der Waals surface area contributed by atoms with E-state index in [0.717, 1.165) is 38.3 Å². The number of hydrogen-bond donors (Lipinski definition) is 1. The first kappa shape index (κ1) is 15.8. The third-order valence-corrected chi connectivity index (χ3v) is 6.01. The lowest BCUT2D eigenvalue weighted by molar-refractivity contribution is 0.0873. The van der Waals surface area contributed by atoms with Crippen molar-refractivity contribution in [3.05, 3.63) is 0 Å². The summed E-state index contributed by atoms with van der Waals surface area (Å²) in [6.45, 7) is 9.08. The molecule has 0 radical (unpaired) electrons. The molecule has 3 heteroatoms. The normalized spacial score (nSPS) is 35.0. The number of ether oxygens (including phenoxy) is 1. The maximum Gasteiger partial charge on any atom is 0.0547 e. The highest BCUT2D eigenvalue weighted by molar-refractivity contribution is 4.94. The highest BCUT2D eigenvalue weighted by Gasteiger charge is 2.41.